The van der Waals surface area contributed by atoms with Crippen LogP contribution < -0.4 is 5.32 Å². The molecule has 10 heteroatoms. The van der Waals surface area contributed by atoms with Gasteiger partial charge < -0.3 is 5.32 Å². The summed E-state index contributed by atoms with van der Waals surface area (Å²) in [5.74, 6) is -0.393. The number of nitriles is 1. The highest BCUT2D eigenvalue weighted by Crippen LogP contribution is 2.35. The van der Waals surface area contributed by atoms with Gasteiger partial charge in [-0.1, -0.05) is 11.8 Å². The number of amides is 1. The molecule has 0 aliphatic carbocycles. The summed E-state index contributed by atoms with van der Waals surface area (Å²) in [5.41, 5.74) is 3.49. The number of hydrogen-bond acceptors (Lipinski definition) is 8. The van der Waals surface area contributed by atoms with Gasteiger partial charge in [-0.2, -0.15) is 9.64 Å². The molecule has 0 fully saturated rings. The first kappa shape index (κ1) is 20.4. The normalized spacial score (nSPS) is 10.9. The van der Waals surface area contributed by atoms with Gasteiger partial charge in [-0.25, -0.2) is 14.4 Å². The van der Waals surface area contributed by atoms with Crippen LogP contribution in [0.15, 0.2) is 35.6 Å². The third-order valence-electron chi connectivity index (χ3n) is 4.43. The predicted molar refractivity (Wildman–Crippen MR) is 118 cm³/mol. The van der Waals surface area contributed by atoms with Crippen molar-refractivity contribution in [3.8, 4) is 17.3 Å². The molecule has 3 aromatic heterocycles. The van der Waals surface area contributed by atoms with Gasteiger partial charge in [0, 0.05) is 10.4 Å². The molecule has 0 aliphatic heterocycles. The number of rotatable bonds is 5. The van der Waals surface area contributed by atoms with Crippen molar-refractivity contribution in [1.82, 2.24) is 14.3 Å². The van der Waals surface area contributed by atoms with Crippen LogP contribution in [-0.2, 0) is 4.79 Å². The second kappa shape index (κ2) is 8.47. The minimum Gasteiger partial charge on any atom is -0.316 e. The highest BCUT2D eigenvalue weighted by atomic mass is 32.2. The molecule has 1 aromatic carbocycles. The molecule has 0 atom stereocenters. The Kier molecular flexibility index (Phi) is 5.76. The molecule has 150 valence electrons. The van der Waals surface area contributed by atoms with E-state index in [2.05, 4.69) is 25.7 Å². The number of aromatic nitrogens is 3. The Morgan fingerprint density at radius 3 is 2.77 bits per heavy atom. The Bertz CT molecular complexity index is 1290. The number of aryl methyl sites for hydroxylation is 1. The van der Waals surface area contributed by atoms with Gasteiger partial charge in [0.1, 0.15) is 44.2 Å². The van der Waals surface area contributed by atoms with Crippen LogP contribution in [0.4, 0.5) is 9.39 Å². The lowest BCUT2D eigenvalue weighted by molar-refractivity contribution is -0.113. The summed E-state index contributed by atoms with van der Waals surface area (Å²) in [5, 5.41) is 13.4. The first-order valence-corrected chi connectivity index (χ1v) is 11.3. The summed E-state index contributed by atoms with van der Waals surface area (Å²) in [6.07, 6.45) is 1.43. The number of halogens is 1. The van der Waals surface area contributed by atoms with Crippen molar-refractivity contribution in [3.63, 3.8) is 0 Å². The number of thioether (sulfide) groups is 1. The molecular weight excluding hydrogens is 441 g/mol. The summed E-state index contributed by atoms with van der Waals surface area (Å²) in [6, 6.07) is 8.22. The highest BCUT2D eigenvalue weighted by molar-refractivity contribution is 8.00. The number of fused-ring (bicyclic) bond motifs is 1. The Labute approximate surface area is 184 Å². The van der Waals surface area contributed by atoms with E-state index in [1.807, 2.05) is 13.8 Å². The molecule has 6 nitrogen and oxygen atoms in total. The number of nitrogens with one attached hydrogen (secondary N) is 1. The summed E-state index contributed by atoms with van der Waals surface area (Å²) in [7, 11) is 0. The van der Waals surface area contributed by atoms with E-state index in [0.29, 0.717) is 26.8 Å². The van der Waals surface area contributed by atoms with E-state index in [9.17, 15) is 14.4 Å². The van der Waals surface area contributed by atoms with E-state index in [-0.39, 0.29) is 17.5 Å². The van der Waals surface area contributed by atoms with Crippen LogP contribution in [0.3, 0.4) is 0 Å². The third kappa shape index (κ3) is 3.92. The van der Waals surface area contributed by atoms with E-state index in [4.69, 9.17) is 0 Å². The van der Waals surface area contributed by atoms with Crippen molar-refractivity contribution >= 4 is 55.8 Å². The minimum absolute atomic E-state index is 0.136. The number of anilines is 1. The van der Waals surface area contributed by atoms with E-state index < -0.39 is 0 Å². The van der Waals surface area contributed by atoms with Crippen LogP contribution >= 0.6 is 34.6 Å². The summed E-state index contributed by atoms with van der Waals surface area (Å²) < 4.78 is 18.4. The fraction of sp³-hybridized carbons (Fsp3) is 0.150. The lowest BCUT2D eigenvalue weighted by atomic mass is 10.1. The first-order chi connectivity index (χ1) is 14.5. The van der Waals surface area contributed by atoms with Crippen LogP contribution in [0.5, 0.6) is 0 Å². The molecule has 4 aromatic rings. The summed E-state index contributed by atoms with van der Waals surface area (Å²) in [4.78, 5) is 22.1. The third-order valence-corrected chi connectivity index (χ3v) is 7.52. The standard InChI is InChI=1S/C20H14FN5OS3/c1-10-11(2)29-19(14(10)7-22)25-15(27)8-28-20-18-17(23-9-24-20)16(26-30-18)12-3-5-13(21)6-4-12/h3-6,9H,8H2,1-2H3,(H,25,27). The second-order valence-corrected chi connectivity index (χ2v) is 9.29. The van der Waals surface area contributed by atoms with E-state index >= 15 is 0 Å². The molecule has 0 aliphatic rings. The fourth-order valence-electron chi connectivity index (χ4n) is 2.79. The molecule has 1 N–H and O–H groups in total. The van der Waals surface area contributed by atoms with Gasteiger partial charge in [-0.05, 0) is 55.2 Å². The molecule has 1 amide bonds. The number of benzene rings is 1. The number of hydrogen-bond donors (Lipinski definition) is 1. The molecule has 0 unspecified atom stereocenters. The van der Waals surface area contributed by atoms with E-state index in [0.717, 1.165) is 20.7 Å². The lowest BCUT2D eigenvalue weighted by Crippen LogP contribution is -2.14. The Morgan fingerprint density at radius 2 is 2.03 bits per heavy atom. The maximum Gasteiger partial charge on any atom is 0.235 e. The average Bonchev–Trinajstić information content (AvgIpc) is 3.28. The molecule has 4 rings (SSSR count). The second-order valence-electron chi connectivity index (χ2n) is 6.33. The molecular formula is C20H14FN5OS3. The molecule has 30 heavy (non-hydrogen) atoms. The first-order valence-electron chi connectivity index (χ1n) is 8.77. The van der Waals surface area contributed by atoms with Gasteiger partial charge in [0.2, 0.25) is 5.91 Å². The Morgan fingerprint density at radius 1 is 1.27 bits per heavy atom. The van der Waals surface area contributed by atoms with Crippen molar-refractivity contribution < 1.29 is 9.18 Å². The molecule has 0 radical (unpaired) electrons. The largest absolute Gasteiger partial charge is 0.316 e. The molecule has 0 spiro atoms. The van der Waals surface area contributed by atoms with E-state index in [1.54, 1.807) is 12.1 Å². The maximum atomic E-state index is 13.2. The fourth-order valence-corrected chi connectivity index (χ4v) is 5.54. The average molecular weight is 456 g/mol. The van der Waals surface area contributed by atoms with Crippen LogP contribution in [0.2, 0.25) is 0 Å². The zero-order chi connectivity index (χ0) is 21.3. The van der Waals surface area contributed by atoms with Crippen molar-refractivity contribution in [2.24, 2.45) is 0 Å². The van der Waals surface area contributed by atoms with Gasteiger partial charge in [0.15, 0.2) is 0 Å². The number of carbonyl (C=O) groups is 1. The molecule has 0 bridgehead atoms. The molecule has 0 saturated carbocycles. The van der Waals surface area contributed by atoms with Crippen LogP contribution in [0.1, 0.15) is 16.0 Å². The number of carbonyl (C=O) groups excluding carboxylic acids is 1. The SMILES string of the molecule is Cc1sc(NC(=O)CSc2ncnc3c(-c4ccc(F)cc4)nsc23)c(C#N)c1C. The molecule has 0 saturated heterocycles. The number of nitrogens with zero attached hydrogens (tertiary/aromatic N) is 4. The highest BCUT2D eigenvalue weighted by Gasteiger charge is 2.17. The monoisotopic (exact) mass is 455 g/mol. The van der Waals surface area contributed by atoms with Gasteiger partial charge >= 0.3 is 0 Å². The smallest absolute Gasteiger partial charge is 0.235 e. The quantitative estimate of drug-likeness (QED) is 0.330. The van der Waals surface area contributed by atoms with Gasteiger partial charge in [0.25, 0.3) is 0 Å². The summed E-state index contributed by atoms with van der Waals surface area (Å²) in [6.45, 7) is 3.79. The van der Waals surface area contributed by atoms with Gasteiger partial charge in [0.05, 0.1) is 11.3 Å². The minimum atomic E-state index is -0.314. The zero-order valence-electron chi connectivity index (χ0n) is 15.9. The predicted octanol–water partition coefficient (Wildman–Crippen LogP) is 5.17. The lowest BCUT2D eigenvalue weighted by Gasteiger charge is -2.04. The van der Waals surface area contributed by atoms with Crippen molar-refractivity contribution in [2.75, 3.05) is 11.1 Å². The van der Waals surface area contributed by atoms with Crippen molar-refractivity contribution in [2.45, 2.75) is 18.9 Å². The van der Waals surface area contributed by atoms with Crippen LogP contribution in [0.25, 0.3) is 21.5 Å². The Hall–Kier alpha value is -2.87. The molecule has 3 heterocycles. The Balaban J connectivity index is 1.52. The zero-order valence-corrected chi connectivity index (χ0v) is 18.3. The van der Waals surface area contributed by atoms with E-state index in [1.165, 1.54) is 53.1 Å². The topological polar surface area (TPSA) is 91.6 Å². The van der Waals surface area contributed by atoms with Gasteiger partial charge in [-0.3, -0.25) is 4.79 Å². The van der Waals surface area contributed by atoms with Gasteiger partial charge in [-0.15, -0.1) is 11.3 Å². The number of thiophene rings is 1. The van der Waals surface area contributed by atoms with Crippen molar-refractivity contribution in [1.29, 1.82) is 5.26 Å². The maximum absolute atomic E-state index is 13.2. The van der Waals surface area contributed by atoms with Crippen molar-refractivity contribution in [3.05, 3.63) is 52.4 Å². The van der Waals surface area contributed by atoms with Crippen LogP contribution in [-0.4, -0.2) is 26.0 Å². The summed E-state index contributed by atoms with van der Waals surface area (Å²) >= 11 is 3.92. The van der Waals surface area contributed by atoms with Crippen LogP contribution in [0, 0.1) is 31.0 Å².